The average molecular weight is 367 g/mol. The highest BCUT2D eigenvalue weighted by Crippen LogP contribution is 2.19. The van der Waals surface area contributed by atoms with Crippen molar-refractivity contribution in [2.24, 2.45) is 0 Å². The second-order valence-corrected chi connectivity index (χ2v) is 4.78. The SMILES string of the molecule is N#Cc1ccc(C(=O)Nc2ccc(F)cc2I)nc1. The monoisotopic (exact) mass is 367 g/mol. The van der Waals surface area contributed by atoms with Crippen molar-refractivity contribution in [2.75, 3.05) is 5.32 Å². The van der Waals surface area contributed by atoms with Crippen LogP contribution in [0.5, 0.6) is 0 Å². The minimum absolute atomic E-state index is 0.194. The summed E-state index contributed by atoms with van der Waals surface area (Å²) in [5.41, 5.74) is 1.09. The molecule has 1 heterocycles. The van der Waals surface area contributed by atoms with Gasteiger partial charge in [-0.05, 0) is 52.9 Å². The zero-order chi connectivity index (χ0) is 13.8. The molecule has 1 aromatic carbocycles. The number of hydrogen-bond acceptors (Lipinski definition) is 3. The lowest BCUT2D eigenvalue weighted by Crippen LogP contribution is -2.14. The summed E-state index contributed by atoms with van der Waals surface area (Å²) in [5.74, 6) is -0.770. The van der Waals surface area contributed by atoms with E-state index in [1.807, 2.05) is 28.7 Å². The molecule has 1 N–H and O–H groups in total. The first-order chi connectivity index (χ1) is 9.10. The molecule has 0 saturated carbocycles. The topological polar surface area (TPSA) is 65.8 Å². The standard InChI is InChI=1S/C13H7FIN3O/c14-9-2-4-11(10(15)5-9)18-13(19)12-3-1-8(6-16)7-17-12/h1-5,7H,(H,18,19). The van der Waals surface area contributed by atoms with Crippen LogP contribution in [-0.4, -0.2) is 10.9 Å². The van der Waals surface area contributed by atoms with E-state index < -0.39 is 5.91 Å². The number of carbonyl (C=O) groups excluding carboxylic acids is 1. The van der Waals surface area contributed by atoms with Crippen LogP contribution >= 0.6 is 22.6 Å². The molecule has 2 aromatic rings. The van der Waals surface area contributed by atoms with E-state index in [9.17, 15) is 9.18 Å². The highest BCUT2D eigenvalue weighted by Gasteiger charge is 2.10. The number of anilines is 1. The van der Waals surface area contributed by atoms with Crippen LogP contribution in [0.2, 0.25) is 0 Å². The Morgan fingerprint density at radius 2 is 2.16 bits per heavy atom. The molecule has 0 atom stereocenters. The minimum atomic E-state index is -0.408. The third kappa shape index (κ3) is 3.26. The van der Waals surface area contributed by atoms with Crippen molar-refractivity contribution < 1.29 is 9.18 Å². The number of nitrogens with zero attached hydrogens (tertiary/aromatic N) is 2. The van der Waals surface area contributed by atoms with Gasteiger partial charge in [0.05, 0.1) is 11.3 Å². The van der Waals surface area contributed by atoms with Crippen molar-refractivity contribution >= 4 is 34.2 Å². The Kier molecular flexibility index (Phi) is 4.06. The van der Waals surface area contributed by atoms with Gasteiger partial charge in [0.25, 0.3) is 5.91 Å². The zero-order valence-electron chi connectivity index (χ0n) is 9.52. The van der Waals surface area contributed by atoms with Gasteiger partial charge in [0, 0.05) is 9.77 Å². The van der Waals surface area contributed by atoms with Crippen LogP contribution in [0.25, 0.3) is 0 Å². The normalized spacial score (nSPS) is 9.74. The predicted molar refractivity (Wildman–Crippen MR) is 76.0 cm³/mol. The first kappa shape index (κ1) is 13.4. The third-order valence-corrected chi connectivity index (χ3v) is 3.20. The van der Waals surface area contributed by atoms with Crippen molar-refractivity contribution in [1.29, 1.82) is 5.26 Å². The maximum atomic E-state index is 12.9. The largest absolute Gasteiger partial charge is 0.320 e. The van der Waals surface area contributed by atoms with Gasteiger partial charge in [-0.1, -0.05) is 0 Å². The van der Waals surface area contributed by atoms with E-state index in [4.69, 9.17) is 5.26 Å². The molecule has 0 fully saturated rings. The summed E-state index contributed by atoms with van der Waals surface area (Å²) in [7, 11) is 0. The Bertz CT molecular complexity index is 665. The molecule has 0 spiro atoms. The van der Waals surface area contributed by atoms with Crippen molar-refractivity contribution in [2.45, 2.75) is 0 Å². The molecule has 4 nitrogen and oxygen atoms in total. The van der Waals surface area contributed by atoms with Crippen LogP contribution in [0.15, 0.2) is 36.5 Å². The summed E-state index contributed by atoms with van der Waals surface area (Å²) in [5, 5.41) is 11.3. The lowest BCUT2D eigenvalue weighted by molar-refractivity contribution is 0.102. The molecule has 1 amide bonds. The van der Waals surface area contributed by atoms with E-state index in [0.717, 1.165) is 0 Å². The zero-order valence-corrected chi connectivity index (χ0v) is 11.7. The summed E-state index contributed by atoms with van der Waals surface area (Å²) in [6, 6.07) is 8.97. The number of nitrogens with one attached hydrogen (secondary N) is 1. The Labute approximate surface area is 122 Å². The van der Waals surface area contributed by atoms with Gasteiger partial charge < -0.3 is 5.32 Å². The summed E-state index contributed by atoms with van der Waals surface area (Å²) in [6.45, 7) is 0. The molecule has 0 aliphatic carbocycles. The van der Waals surface area contributed by atoms with Crippen LogP contribution in [0.4, 0.5) is 10.1 Å². The highest BCUT2D eigenvalue weighted by molar-refractivity contribution is 14.1. The predicted octanol–water partition coefficient (Wildman–Crippen LogP) is 2.95. The molecular formula is C13H7FIN3O. The fraction of sp³-hybridized carbons (Fsp3) is 0. The van der Waals surface area contributed by atoms with Gasteiger partial charge >= 0.3 is 0 Å². The minimum Gasteiger partial charge on any atom is -0.320 e. The fourth-order valence-corrected chi connectivity index (χ4v) is 1.98. The summed E-state index contributed by atoms with van der Waals surface area (Å²) in [4.78, 5) is 15.8. The van der Waals surface area contributed by atoms with Gasteiger partial charge in [0.15, 0.2) is 0 Å². The van der Waals surface area contributed by atoms with Crippen LogP contribution in [0.1, 0.15) is 16.1 Å². The number of carbonyl (C=O) groups is 1. The van der Waals surface area contributed by atoms with Crippen LogP contribution in [0.3, 0.4) is 0 Å². The number of pyridine rings is 1. The Morgan fingerprint density at radius 3 is 2.74 bits per heavy atom. The van der Waals surface area contributed by atoms with E-state index >= 15 is 0 Å². The van der Waals surface area contributed by atoms with Crippen LogP contribution < -0.4 is 5.32 Å². The van der Waals surface area contributed by atoms with Crippen molar-refractivity contribution in [3.8, 4) is 6.07 Å². The molecule has 94 valence electrons. The average Bonchev–Trinajstić information content (AvgIpc) is 2.42. The highest BCUT2D eigenvalue weighted by atomic mass is 127. The van der Waals surface area contributed by atoms with Crippen molar-refractivity contribution in [1.82, 2.24) is 4.98 Å². The molecule has 6 heteroatoms. The van der Waals surface area contributed by atoms with Crippen LogP contribution in [-0.2, 0) is 0 Å². The Hall–Kier alpha value is -2.01. The smallest absolute Gasteiger partial charge is 0.274 e. The molecule has 0 radical (unpaired) electrons. The molecule has 0 unspecified atom stereocenters. The van der Waals surface area contributed by atoms with Gasteiger partial charge in [0.1, 0.15) is 17.6 Å². The maximum Gasteiger partial charge on any atom is 0.274 e. The van der Waals surface area contributed by atoms with E-state index in [2.05, 4.69) is 10.3 Å². The summed E-state index contributed by atoms with van der Waals surface area (Å²) >= 11 is 1.93. The Morgan fingerprint density at radius 1 is 1.37 bits per heavy atom. The molecule has 2 rings (SSSR count). The first-order valence-corrected chi connectivity index (χ1v) is 6.30. The number of benzene rings is 1. The molecule has 0 aliphatic rings. The van der Waals surface area contributed by atoms with Gasteiger partial charge in [-0.3, -0.25) is 4.79 Å². The number of hydrogen-bond donors (Lipinski definition) is 1. The number of rotatable bonds is 2. The lowest BCUT2D eigenvalue weighted by atomic mass is 10.2. The molecule has 1 aromatic heterocycles. The molecule has 19 heavy (non-hydrogen) atoms. The van der Waals surface area contributed by atoms with Crippen LogP contribution in [0, 0.1) is 20.7 Å². The number of amides is 1. The quantitative estimate of drug-likeness (QED) is 0.831. The fourth-order valence-electron chi connectivity index (χ4n) is 1.37. The third-order valence-electron chi connectivity index (χ3n) is 2.30. The van der Waals surface area contributed by atoms with Gasteiger partial charge in [-0.2, -0.15) is 5.26 Å². The summed E-state index contributed by atoms with van der Waals surface area (Å²) < 4.78 is 13.5. The number of nitriles is 1. The number of halogens is 2. The molecule has 0 aliphatic heterocycles. The van der Waals surface area contributed by atoms with E-state index in [0.29, 0.717) is 14.8 Å². The van der Waals surface area contributed by atoms with E-state index in [1.165, 1.54) is 36.5 Å². The second kappa shape index (κ2) is 5.75. The molecular weight excluding hydrogens is 360 g/mol. The maximum absolute atomic E-state index is 12.9. The molecule has 0 saturated heterocycles. The lowest BCUT2D eigenvalue weighted by Gasteiger charge is -2.06. The first-order valence-electron chi connectivity index (χ1n) is 5.22. The van der Waals surface area contributed by atoms with E-state index in [1.54, 1.807) is 0 Å². The van der Waals surface area contributed by atoms with Crippen molar-refractivity contribution in [3.05, 3.63) is 57.2 Å². The summed E-state index contributed by atoms with van der Waals surface area (Å²) in [6.07, 6.45) is 1.32. The Balaban J connectivity index is 2.18. The number of aromatic nitrogens is 1. The second-order valence-electron chi connectivity index (χ2n) is 3.62. The van der Waals surface area contributed by atoms with Crippen molar-refractivity contribution in [3.63, 3.8) is 0 Å². The molecule has 0 bridgehead atoms. The van der Waals surface area contributed by atoms with E-state index in [-0.39, 0.29) is 11.5 Å². The van der Waals surface area contributed by atoms with Gasteiger partial charge in [-0.15, -0.1) is 0 Å². The van der Waals surface area contributed by atoms with Gasteiger partial charge in [0.2, 0.25) is 0 Å². The van der Waals surface area contributed by atoms with Gasteiger partial charge in [-0.25, -0.2) is 9.37 Å².